The standard InChI is InChI=1S/C19H17ClN2O3S/c1-11(13-9-8-12(24-2)10-15(13)25-3)21-22-19(23)18-17(20)14-6-4-5-7-16(14)26-18/h4-10H,1-3H3,(H,22,23). The Morgan fingerprint density at radius 3 is 2.62 bits per heavy atom. The number of benzene rings is 2. The molecular formula is C19H17ClN2O3S. The fourth-order valence-corrected chi connectivity index (χ4v) is 3.91. The molecule has 0 radical (unpaired) electrons. The highest BCUT2D eigenvalue weighted by molar-refractivity contribution is 7.21. The number of halogens is 1. The van der Waals surface area contributed by atoms with Gasteiger partial charge in [0, 0.05) is 21.7 Å². The molecule has 0 spiro atoms. The van der Waals surface area contributed by atoms with Gasteiger partial charge in [0.05, 0.1) is 25.0 Å². The van der Waals surface area contributed by atoms with E-state index >= 15 is 0 Å². The van der Waals surface area contributed by atoms with Crippen LogP contribution in [-0.4, -0.2) is 25.8 Å². The van der Waals surface area contributed by atoms with Crippen molar-refractivity contribution in [2.24, 2.45) is 5.10 Å². The second-order valence-corrected chi connectivity index (χ2v) is 6.88. The lowest BCUT2D eigenvalue weighted by molar-refractivity contribution is 0.0959. The molecule has 0 saturated heterocycles. The molecule has 0 unspecified atom stereocenters. The topological polar surface area (TPSA) is 59.9 Å². The van der Waals surface area contributed by atoms with Crippen LogP contribution >= 0.6 is 22.9 Å². The van der Waals surface area contributed by atoms with Gasteiger partial charge in [-0.1, -0.05) is 29.8 Å². The number of thiophene rings is 1. The number of nitrogens with zero attached hydrogens (tertiary/aromatic N) is 1. The number of nitrogens with one attached hydrogen (secondary N) is 1. The Kier molecular flexibility index (Phi) is 5.44. The Morgan fingerprint density at radius 1 is 1.15 bits per heavy atom. The van der Waals surface area contributed by atoms with Crippen molar-refractivity contribution in [3.63, 3.8) is 0 Å². The van der Waals surface area contributed by atoms with E-state index in [0.717, 1.165) is 15.6 Å². The molecule has 134 valence electrons. The summed E-state index contributed by atoms with van der Waals surface area (Å²) >= 11 is 7.67. The number of carbonyl (C=O) groups excluding carboxylic acids is 1. The summed E-state index contributed by atoms with van der Waals surface area (Å²) in [5, 5.41) is 5.50. The molecule has 0 aliphatic rings. The Bertz CT molecular complexity index is 998. The zero-order chi connectivity index (χ0) is 18.7. The zero-order valence-corrected chi connectivity index (χ0v) is 16.1. The summed E-state index contributed by atoms with van der Waals surface area (Å²) in [6.45, 7) is 1.79. The average molecular weight is 389 g/mol. The maximum absolute atomic E-state index is 12.5. The zero-order valence-electron chi connectivity index (χ0n) is 14.5. The maximum Gasteiger partial charge on any atom is 0.283 e. The van der Waals surface area contributed by atoms with E-state index in [1.165, 1.54) is 11.3 Å². The second kappa shape index (κ2) is 7.76. The normalized spacial score (nSPS) is 11.5. The summed E-state index contributed by atoms with van der Waals surface area (Å²) in [6.07, 6.45) is 0. The number of methoxy groups -OCH3 is 2. The monoisotopic (exact) mass is 388 g/mol. The first-order valence-corrected chi connectivity index (χ1v) is 8.98. The third-order valence-electron chi connectivity index (χ3n) is 3.86. The van der Waals surface area contributed by atoms with Gasteiger partial charge in [-0.2, -0.15) is 5.10 Å². The number of fused-ring (bicyclic) bond motifs is 1. The predicted molar refractivity (Wildman–Crippen MR) is 106 cm³/mol. The van der Waals surface area contributed by atoms with E-state index in [1.54, 1.807) is 27.2 Å². The van der Waals surface area contributed by atoms with Crippen molar-refractivity contribution in [1.82, 2.24) is 5.43 Å². The molecule has 0 aliphatic heterocycles. The van der Waals surface area contributed by atoms with Crippen molar-refractivity contribution in [3.8, 4) is 11.5 Å². The molecule has 1 N–H and O–H groups in total. The van der Waals surface area contributed by atoms with Crippen LogP contribution in [0.4, 0.5) is 0 Å². The summed E-state index contributed by atoms with van der Waals surface area (Å²) in [6, 6.07) is 13.0. The van der Waals surface area contributed by atoms with Gasteiger partial charge in [-0.3, -0.25) is 4.79 Å². The van der Waals surface area contributed by atoms with Gasteiger partial charge in [-0.25, -0.2) is 5.43 Å². The lowest BCUT2D eigenvalue weighted by atomic mass is 10.1. The van der Waals surface area contributed by atoms with E-state index in [-0.39, 0.29) is 5.91 Å². The van der Waals surface area contributed by atoms with Crippen molar-refractivity contribution in [3.05, 3.63) is 57.9 Å². The lowest BCUT2D eigenvalue weighted by Gasteiger charge is -2.10. The van der Waals surface area contributed by atoms with Crippen molar-refractivity contribution in [1.29, 1.82) is 0 Å². The van der Waals surface area contributed by atoms with Crippen LogP contribution in [0.1, 0.15) is 22.2 Å². The highest BCUT2D eigenvalue weighted by atomic mass is 35.5. The third-order valence-corrected chi connectivity index (χ3v) is 5.54. The molecule has 1 aromatic heterocycles. The minimum atomic E-state index is -0.344. The first kappa shape index (κ1) is 18.2. The quantitative estimate of drug-likeness (QED) is 0.508. The molecular weight excluding hydrogens is 372 g/mol. The molecule has 2 aromatic carbocycles. The van der Waals surface area contributed by atoms with Gasteiger partial charge in [0.2, 0.25) is 0 Å². The minimum Gasteiger partial charge on any atom is -0.497 e. The molecule has 0 aliphatic carbocycles. The van der Waals surface area contributed by atoms with E-state index in [4.69, 9.17) is 21.1 Å². The highest BCUT2D eigenvalue weighted by Gasteiger charge is 2.17. The Hall–Kier alpha value is -2.57. The van der Waals surface area contributed by atoms with Crippen LogP contribution in [0.5, 0.6) is 11.5 Å². The number of hydrazone groups is 1. The smallest absolute Gasteiger partial charge is 0.283 e. The summed E-state index contributed by atoms with van der Waals surface area (Å²) in [5.74, 6) is 0.947. The first-order valence-electron chi connectivity index (χ1n) is 7.79. The first-order chi connectivity index (χ1) is 12.5. The summed E-state index contributed by atoms with van der Waals surface area (Å²) in [7, 11) is 3.16. The molecule has 7 heteroatoms. The molecule has 5 nitrogen and oxygen atoms in total. The van der Waals surface area contributed by atoms with Crippen LogP contribution in [0.25, 0.3) is 10.1 Å². The van der Waals surface area contributed by atoms with Crippen molar-refractivity contribution < 1.29 is 14.3 Å². The molecule has 1 amide bonds. The molecule has 3 aromatic rings. The molecule has 0 atom stereocenters. The van der Waals surface area contributed by atoms with Gasteiger partial charge in [-0.05, 0) is 25.1 Å². The Morgan fingerprint density at radius 2 is 1.92 bits per heavy atom. The van der Waals surface area contributed by atoms with Gasteiger partial charge in [-0.15, -0.1) is 11.3 Å². The van der Waals surface area contributed by atoms with Crippen molar-refractivity contribution >= 4 is 44.6 Å². The van der Waals surface area contributed by atoms with Crippen LogP contribution < -0.4 is 14.9 Å². The van der Waals surface area contributed by atoms with E-state index in [0.29, 0.717) is 27.1 Å². The van der Waals surface area contributed by atoms with Gasteiger partial charge < -0.3 is 9.47 Å². The molecule has 1 heterocycles. The van der Waals surface area contributed by atoms with E-state index in [9.17, 15) is 4.79 Å². The van der Waals surface area contributed by atoms with Crippen LogP contribution in [0.3, 0.4) is 0 Å². The molecule has 26 heavy (non-hydrogen) atoms. The number of rotatable bonds is 5. The van der Waals surface area contributed by atoms with E-state index in [1.807, 2.05) is 36.4 Å². The number of amides is 1. The van der Waals surface area contributed by atoms with Gasteiger partial charge >= 0.3 is 0 Å². The lowest BCUT2D eigenvalue weighted by Crippen LogP contribution is -2.18. The maximum atomic E-state index is 12.5. The second-order valence-electron chi connectivity index (χ2n) is 5.45. The predicted octanol–water partition coefficient (Wildman–Crippen LogP) is 4.73. The number of ether oxygens (including phenoxy) is 2. The summed E-state index contributed by atoms with van der Waals surface area (Å²) < 4.78 is 11.5. The Balaban J connectivity index is 1.84. The highest BCUT2D eigenvalue weighted by Crippen LogP contribution is 2.35. The van der Waals surface area contributed by atoms with E-state index < -0.39 is 0 Å². The summed E-state index contributed by atoms with van der Waals surface area (Å²) in [5.41, 5.74) is 3.93. The minimum absolute atomic E-state index is 0.344. The number of carbonyl (C=O) groups is 1. The molecule has 0 fully saturated rings. The fraction of sp³-hybridized carbons (Fsp3) is 0.158. The Labute approximate surface area is 160 Å². The average Bonchev–Trinajstić information content (AvgIpc) is 3.02. The number of hydrogen-bond acceptors (Lipinski definition) is 5. The van der Waals surface area contributed by atoms with Gasteiger partial charge in [0.25, 0.3) is 5.91 Å². The fourth-order valence-electron chi connectivity index (χ4n) is 2.50. The van der Waals surface area contributed by atoms with Crippen LogP contribution in [0, 0.1) is 0 Å². The molecule has 0 saturated carbocycles. The van der Waals surface area contributed by atoms with Crippen LogP contribution in [-0.2, 0) is 0 Å². The van der Waals surface area contributed by atoms with Crippen molar-refractivity contribution in [2.45, 2.75) is 6.92 Å². The van der Waals surface area contributed by atoms with Crippen LogP contribution in [0.2, 0.25) is 5.02 Å². The summed E-state index contributed by atoms with van der Waals surface area (Å²) in [4.78, 5) is 12.9. The largest absolute Gasteiger partial charge is 0.497 e. The van der Waals surface area contributed by atoms with Crippen LogP contribution in [0.15, 0.2) is 47.6 Å². The molecule has 0 bridgehead atoms. The SMILES string of the molecule is COc1ccc(C(C)=NNC(=O)c2sc3ccccc3c2Cl)c(OC)c1. The van der Waals surface area contributed by atoms with Gasteiger partial charge in [0.15, 0.2) is 0 Å². The van der Waals surface area contributed by atoms with Crippen molar-refractivity contribution in [2.75, 3.05) is 14.2 Å². The van der Waals surface area contributed by atoms with E-state index in [2.05, 4.69) is 10.5 Å². The number of hydrogen-bond donors (Lipinski definition) is 1. The third kappa shape index (κ3) is 3.52. The van der Waals surface area contributed by atoms with Gasteiger partial charge in [0.1, 0.15) is 16.4 Å². The molecule has 3 rings (SSSR count).